The van der Waals surface area contributed by atoms with Crippen LogP contribution < -0.4 is 4.74 Å². The molecule has 0 radical (unpaired) electrons. The van der Waals surface area contributed by atoms with Gasteiger partial charge in [-0.25, -0.2) is 0 Å². The predicted octanol–water partition coefficient (Wildman–Crippen LogP) is 2.14. The van der Waals surface area contributed by atoms with E-state index in [1.807, 2.05) is 0 Å². The maximum absolute atomic E-state index is 10.7. The highest BCUT2D eigenvalue weighted by Gasteiger charge is 2.18. The van der Waals surface area contributed by atoms with Crippen LogP contribution in [0.5, 0.6) is 5.75 Å². The number of ether oxygens (including phenoxy) is 1. The number of hydrogen-bond acceptors (Lipinski definition) is 4. The maximum Gasteiger partial charge on any atom is 0.311 e. The third-order valence-electron chi connectivity index (χ3n) is 2.03. The summed E-state index contributed by atoms with van der Waals surface area (Å²) in [5.74, 6) is -0.572. The summed E-state index contributed by atoms with van der Waals surface area (Å²) in [6.45, 7) is 4.77. The van der Waals surface area contributed by atoms with E-state index >= 15 is 0 Å². The lowest BCUT2D eigenvalue weighted by Crippen LogP contribution is -2.04. The SMILES string of the molecule is CC(=O)Oc1cc(C)c(C)cc1[N+](=O)[O-]. The van der Waals surface area contributed by atoms with Crippen molar-refractivity contribution in [3.05, 3.63) is 33.4 Å². The molecule has 0 aliphatic heterocycles. The number of nitrogens with zero attached hydrogens (tertiary/aromatic N) is 1. The van der Waals surface area contributed by atoms with E-state index in [1.54, 1.807) is 13.8 Å². The molecule has 1 rings (SSSR count). The Morgan fingerprint density at radius 1 is 1.33 bits per heavy atom. The summed E-state index contributed by atoms with van der Waals surface area (Å²) in [5.41, 5.74) is 1.45. The fourth-order valence-electron chi connectivity index (χ4n) is 1.15. The van der Waals surface area contributed by atoms with Crippen LogP contribution >= 0.6 is 0 Å². The molecule has 0 unspecified atom stereocenters. The van der Waals surface area contributed by atoms with Crippen LogP contribution in [0, 0.1) is 24.0 Å². The minimum absolute atomic E-state index is 0.00407. The van der Waals surface area contributed by atoms with Gasteiger partial charge in [-0.1, -0.05) is 0 Å². The maximum atomic E-state index is 10.7. The lowest BCUT2D eigenvalue weighted by atomic mass is 10.1. The van der Waals surface area contributed by atoms with E-state index in [1.165, 1.54) is 19.1 Å². The molecule has 0 spiro atoms. The number of nitro benzene ring substituents is 1. The van der Waals surface area contributed by atoms with E-state index in [0.29, 0.717) is 0 Å². The van der Waals surface area contributed by atoms with Gasteiger partial charge in [0.05, 0.1) is 4.92 Å². The van der Waals surface area contributed by atoms with Crippen LogP contribution in [0.1, 0.15) is 18.1 Å². The molecule has 0 atom stereocenters. The quantitative estimate of drug-likeness (QED) is 0.324. The second kappa shape index (κ2) is 4.08. The predicted molar refractivity (Wildman–Crippen MR) is 53.9 cm³/mol. The number of hydrogen-bond donors (Lipinski definition) is 0. The molecule has 0 heterocycles. The summed E-state index contributed by atoms with van der Waals surface area (Å²) in [7, 11) is 0. The van der Waals surface area contributed by atoms with E-state index in [2.05, 4.69) is 0 Å². The van der Waals surface area contributed by atoms with Crippen molar-refractivity contribution in [2.24, 2.45) is 0 Å². The molecule has 0 amide bonds. The first-order valence-electron chi connectivity index (χ1n) is 4.36. The Hall–Kier alpha value is -1.91. The molecule has 0 saturated carbocycles. The van der Waals surface area contributed by atoms with Crippen molar-refractivity contribution in [1.29, 1.82) is 0 Å². The van der Waals surface area contributed by atoms with Crippen molar-refractivity contribution in [1.82, 2.24) is 0 Å². The molecule has 0 fully saturated rings. The molecule has 0 bridgehead atoms. The van der Waals surface area contributed by atoms with E-state index in [9.17, 15) is 14.9 Å². The van der Waals surface area contributed by atoms with Crippen LogP contribution in [0.25, 0.3) is 0 Å². The third-order valence-corrected chi connectivity index (χ3v) is 2.03. The van der Waals surface area contributed by atoms with Crippen LogP contribution in [0.15, 0.2) is 12.1 Å². The second-order valence-corrected chi connectivity index (χ2v) is 3.25. The summed E-state index contributed by atoms with van der Waals surface area (Å²) < 4.78 is 4.76. The van der Waals surface area contributed by atoms with Gasteiger partial charge in [-0.3, -0.25) is 14.9 Å². The summed E-state index contributed by atoms with van der Waals surface area (Å²) in [5, 5.41) is 10.7. The lowest BCUT2D eigenvalue weighted by molar-refractivity contribution is -0.385. The highest BCUT2D eigenvalue weighted by Crippen LogP contribution is 2.30. The average Bonchev–Trinajstić information content (AvgIpc) is 2.09. The fraction of sp³-hybridized carbons (Fsp3) is 0.300. The van der Waals surface area contributed by atoms with E-state index in [-0.39, 0.29) is 11.4 Å². The zero-order valence-electron chi connectivity index (χ0n) is 8.73. The smallest absolute Gasteiger partial charge is 0.311 e. The van der Waals surface area contributed by atoms with E-state index < -0.39 is 10.9 Å². The molecule has 1 aromatic rings. The van der Waals surface area contributed by atoms with E-state index in [4.69, 9.17) is 4.74 Å². The van der Waals surface area contributed by atoms with Gasteiger partial charge in [-0.15, -0.1) is 0 Å². The number of benzene rings is 1. The van der Waals surface area contributed by atoms with Crippen LogP contribution in [0.3, 0.4) is 0 Å². The van der Waals surface area contributed by atoms with Gasteiger partial charge in [0.15, 0.2) is 0 Å². The van der Waals surface area contributed by atoms with Gasteiger partial charge >= 0.3 is 11.7 Å². The average molecular weight is 209 g/mol. The fourth-order valence-corrected chi connectivity index (χ4v) is 1.15. The van der Waals surface area contributed by atoms with Gasteiger partial charge in [0.1, 0.15) is 0 Å². The Bertz CT molecular complexity index is 426. The minimum atomic E-state index is -0.568. The van der Waals surface area contributed by atoms with Gasteiger partial charge in [0.2, 0.25) is 5.75 Å². The number of rotatable bonds is 2. The monoisotopic (exact) mass is 209 g/mol. The molecule has 15 heavy (non-hydrogen) atoms. The Kier molecular flexibility index (Phi) is 3.04. The van der Waals surface area contributed by atoms with Crippen molar-refractivity contribution < 1.29 is 14.5 Å². The normalized spacial score (nSPS) is 9.80. The molecule has 1 aromatic carbocycles. The van der Waals surface area contributed by atoms with Gasteiger partial charge in [-0.2, -0.15) is 0 Å². The summed E-state index contributed by atoms with van der Waals surface area (Å²) in [6.07, 6.45) is 0. The summed E-state index contributed by atoms with van der Waals surface area (Å²) >= 11 is 0. The van der Waals surface area contributed by atoms with Gasteiger partial charge in [0, 0.05) is 13.0 Å². The molecule has 80 valence electrons. The van der Waals surface area contributed by atoms with E-state index in [0.717, 1.165) is 11.1 Å². The Morgan fingerprint density at radius 2 is 1.87 bits per heavy atom. The van der Waals surface area contributed by atoms with Crippen LogP contribution in [0.4, 0.5) is 5.69 Å². The molecule has 0 aliphatic carbocycles. The lowest BCUT2D eigenvalue weighted by Gasteiger charge is -2.05. The largest absolute Gasteiger partial charge is 0.419 e. The first kappa shape index (κ1) is 11.2. The number of esters is 1. The van der Waals surface area contributed by atoms with Crippen molar-refractivity contribution in [3.8, 4) is 5.75 Å². The molecule has 0 aliphatic rings. The zero-order valence-corrected chi connectivity index (χ0v) is 8.73. The molecule has 0 saturated heterocycles. The molecule has 0 aromatic heterocycles. The highest BCUT2D eigenvalue weighted by atomic mass is 16.6. The standard InChI is InChI=1S/C10H11NO4/c1-6-4-9(11(13)14)10(5-7(6)2)15-8(3)12/h4-5H,1-3H3. The minimum Gasteiger partial charge on any atom is -0.419 e. The molecular formula is C10H11NO4. The van der Waals surface area contributed by atoms with Crippen molar-refractivity contribution in [2.75, 3.05) is 0 Å². The molecule has 5 nitrogen and oxygen atoms in total. The van der Waals surface area contributed by atoms with Gasteiger partial charge in [0.25, 0.3) is 0 Å². The Labute approximate surface area is 86.8 Å². The Morgan fingerprint density at radius 3 is 2.33 bits per heavy atom. The number of nitro groups is 1. The van der Waals surface area contributed by atoms with Crippen molar-refractivity contribution in [2.45, 2.75) is 20.8 Å². The van der Waals surface area contributed by atoms with Crippen LogP contribution in [-0.2, 0) is 4.79 Å². The Balaban J connectivity index is 3.28. The number of aryl methyl sites for hydroxylation is 2. The molecular weight excluding hydrogens is 198 g/mol. The summed E-state index contributed by atoms with van der Waals surface area (Å²) in [6, 6.07) is 2.89. The van der Waals surface area contributed by atoms with Crippen molar-refractivity contribution >= 4 is 11.7 Å². The molecule has 0 N–H and O–H groups in total. The zero-order chi connectivity index (χ0) is 11.6. The van der Waals surface area contributed by atoms with Gasteiger partial charge < -0.3 is 4.74 Å². The van der Waals surface area contributed by atoms with Gasteiger partial charge in [-0.05, 0) is 31.0 Å². The first-order chi connectivity index (χ1) is 6.91. The second-order valence-electron chi connectivity index (χ2n) is 3.25. The number of carbonyl (C=O) groups is 1. The highest BCUT2D eigenvalue weighted by molar-refractivity contribution is 5.71. The topological polar surface area (TPSA) is 69.4 Å². The first-order valence-corrected chi connectivity index (χ1v) is 4.36. The van der Waals surface area contributed by atoms with Crippen molar-refractivity contribution in [3.63, 3.8) is 0 Å². The third kappa shape index (κ3) is 2.52. The number of carbonyl (C=O) groups excluding carboxylic acids is 1. The molecule has 5 heteroatoms. The van der Waals surface area contributed by atoms with Crippen LogP contribution in [-0.4, -0.2) is 10.9 Å². The van der Waals surface area contributed by atoms with Crippen LogP contribution in [0.2, 0.25) is 0 Å². The summed E-state index contributed by atoms with van der Waals surface area (Å²) in [4.78, 5) is 20.9.